The van der Waals surface area contributed by atoms with E-state index in [1.54, 1.807) is 14.0 Å². The molecule has 1 aliphatic rings. The third kappa shape index (κ3) is 2.78. The number of rotatable bonds is 5. The van der Waals surface area contributed by atoms with Gasteiger partial charge in [0, 0.05) is 5.25 Å². The zero-order valence-corrected chi connectivity index (χ0v) is 10.2. The molecule has 0 bridgehead atoms. The molecule has 0 amide bonds. The van der Waals surface area contributed by atoms with Gasteiger partial charge in [0.15, 0.2) is 0 Å². The van der Waals surface area contributed by atoms with Crippen LogP contribution in [0.25, 0.3) is 0 Å². The van der Waals surface area contributed by atoms with Gasteiger partial charge in [-0.3, -0.25) is 4.79 Å². The second-order valence-corrected chi connectivity index (χ2v) is 5.72. The monoisotopic (exact) mass is 230 g/mol. The molecule has 0 aromatic heterocycles. The van der Waals surface area contributed by atoms with Crippen LogP contribution in [0.4, 0.5) is 0 Å². The molecule has 1 N–H and O–H groups in total. The van der Waals surface area contributed by atoms with Crippen LogP contribution in [0.15, 0.2) is 22.7 Å². The van der Waals surface area contributed by atoms with Gasteiger partial charge >= 0.3 is 5.97 Å². The van der Waals surface area contributed by atoms with Gasteiger partial charge in [0.25, 0.3) is 0 Å². The van der Waals surface area contributed by atoms with Crippen LogP contribution in [-0.2, 0) is 9.53 Å². The summed E-state index contributed by atoms with van der Waals surface area (Å²) in [5.41, 5.74) is 0. The van der Waals surface area contributed by atoms with Crippen molar-refractivity contribution in [1.29, 1.82) is 0 Å². The van der Waals surface area contributed by atoms with Crippen LogP contribution in [0, 0.1) is 5.92 Å². The summed E-state index contributed by atoms with van der Waals surface area (Å²) in [4.78, 5) is 10.9. The molecule has 0 saturated carbocycles. The summed E-state index contributed by atoms with van der Waals surface area (Å²) in [6.45, 7) is 3.82. The summed E-state index contributed by atoms with van der Waals surface area (Å²) in [7, 11) is 1.16. The molecule has 15 heavy (non-hydrogen) atoms. The van der Waals surface area contributed by atoms with Crippen LogP contribution in [0.5, 0.6) is 0 Å². The fourth-order valence-electron chi connectivity index (χ4n) is 1.71. The summed E-state index contributed by atoms with van der Waals surface area (Å²) in [6.07, 6.45) is 2.82. The lowest BCUT2D eigenvalue weighted by atomic mass is 10.1. The Morgan fingerprint density at radius 2 is 2.33 bits per heavy atom. The van der Waals surface area contributed by atoms with Crippen molar-refractivity contribution >= 4 is 16.9 Å². The summed E-state index contributed by atoms with van der Waals surface area (Å²) >= 11 is 0. The second-order valence-electron chi connectivity index (χ2n) is 3.60. The maximum atomic E-state index is 10.9. The Morgan fingerprint density at radius 1 is 1.67 bits per heavy atom. The van der Waals surface area contributed by atoms with E-state index in [2.05, 4.69) is 10.8 Å². The van der Waals surface area contributed by atoms with Gasteiger partial charge in [0.2, 0.25) is 0 Å². The third-order valence-corrected chi connectivity index (χ3v) is 5.32. The molecule has 1 heterocycles. The van der Waals surface area contributed by atoms with E-state index in [1.165, 1.54) is 0 Å². The normalized spacial score (nSPS) is 25.8. The predicted octanol–water partition coefficient (Wildman–Crippen LogP) is 2.50. The molecule has 0 spiro atoms. The van der Waals surface area contributed by atoms with Crippen LogP contribution in [-0.4, -0.2) is 23.4 Å². The number of carboxylic acid groups (broad SMARTS) is 1. The molecule has 0 aromatic carbocycles. The molecule has 1 aliphatic heterocycles. The van der Waals surface area contributed by atoms with Gasteiger partial charge < -0.3 is 9.84 Å². The quantitative estimate of drug-likeness (QED) is 0.713. The highest BCUT2D eigenvalue weighted by molar-refractivity contribution is 8.22. The number of carboxylic acids is 1. The number of methoxy groups -OCH3 is 1. The first-order valence-corrected chi connectivity index (χ1v) is 6.59. The molecule has 4 heteroatoms. The minimum Gasteiger partial charge on any atom is -0.496 e. The Balaban J connectivity index is 2.73. The number of allylic oxidation sites excluding steroid dienone is 1. The summed E-state index contributed by atoms with van der Waals surface area (Å²) in [5.74, 6) is -0.146. The largest absolute Gasteiger partial charge is 0.496 e. The number of thiol groups is 1. The molecule has 0 aliphatic carbocycles. The first-order chi connectivity index (χ1) is 7.10. The van der Waals surface area contributed by atoms with E-state index in [1.807, 2.05) is 13.0 Å². The Bertz CT molecular complexity index is 296. The number of hydrogen-bond acceptors (Lipinski definition) is 2. The van der Waals surface area contributed by atoms with Crippen LogP contribution < -0.4 is 0 Å². The van der Waals surface area contributed by atoms with E-state index >= 15 is 0 Å². The molecule has 1 rings (SSSR count). The molecule has 0 saturated heterocycles. The van der Waals surface area contributed by atoms with Gasteiger partial charge in [-0.15, -0.1) is 0 Å². The van der Waals surface area contributed by atoms with Crippen LogP contribution in [0.3, 0.4) is 0 Å². The van der Waals surface area contributed by atoms with Gasteiger partial charge in [0.05, 0.1) is 13.0 Å². The molecule has 0 fully saturated rings. The lowest BCUT2D eigenvalue weighted by molar-refractivity contribution is -0.141. The third-order valence-electron chi connectivity index (χ3n) is 2.69. The lowest BCUT2D eigenvalue weighted by Crippen LogP contribution is -2.23. The average Bonchev–Trinajstić information content (AvgIpc) is 2.67. The topological polar surface area (TPSA) is 46.5 Å². The van der Waals surface area contributed by atoms with Gasteiger partial charge in [0.1, 0.15) is 5.76 Å². The zero-order chi connectivity index (χ0) is 11.4. The standard InChI is InChI=1S/C11H18O3S/c1-4-10(8(2)11(12)13)15-6-5-9(7-15)14-3/h5-8,10,15H,4H2,1-3H3,(H,12,13). The van der Waals surface area contributed by atoms with Gasteiger partial charge in [-0.1, -0.05) is 13.8 Å². The Hall–Kier alpha value is -0.900. The van der Waals surface area contributed by atoms with Crippen LogP contribution in [0.2, 0.25) is 0 Å². The molecular weight excluding hydrogens is 212 g/mol. The minimum absolute atomic E-state index is 0.210. The van der Waals surface area contributed by atoms with Crippen molar-refractivity contribution in [2.24, 2.45) is 5.92 Å². The molecule has 3 atom stereocenters. The number of ether oxygens (including phenoxy) is 1. The maximum absolute atomic E-state index is 10.9. The average molecular weight is 230 g/mol. The van der Waals surface area contributed by atoms with E-state index in [9.17, 15) is 4.79 Å². The highest BCUT2D eigenvalue weighted by Crippen LogP contribution is 2.45. The number of carbonyl (C=O) groups is 1. The van der Waals surface area contributed by atoms with Crippen molar-refractivity contribution in [3.63, 3.8) is 0 Å². The predicted molar refractivity (Wildman–Crippen MR) is 64.1 cm³/mol. The van der Waals surface area contributed by atoms with E-state index in [0.717, 1.165) is 12.2 Å². The molecule has 3 unspecified atom stereocenters. The van der Waals surface area contributed by atoms with Crippen molar-refractivity contribution < 1.29 is 14.6 Å². The number of aliphatic carboxylic acids is 1. The molecule has 3 nitrogen and oxygen atoms in total. The van der Waals surface area contributed by atoms with Crippen molar-refractivity contribution in [3.8, 4) is 0 Å². The molecule has 86 valence electrons. The highest BCUT2D eigenvalue weighted by Gasteiger charge is 2.27. The lowest BCUT2D eigenvalue weighted by Gasteiger charge is -2.26. The van der Waals surface area contributed by atoms with E-state index in [0.29, 0.717) is 0 Å². The summed E-state index contributed by atoms with van der Waals surface area (Å²) < 4.78 is 5.12. The highest BCUT2D eigenvalue weighted by atomic mass is 32.2. The fraction of sp³-hybridized carbons (Fsp3) is 0.545. The smallest absolute Gasteiger partial charge is 0.307 e. The van der Waals surface area contributed by atoms with Crippen molar-refractivity contribution in [2.45, 2.75) is 25.5 Å². The van der Waals surface area contributed by atoms with E-state index in [-0.39, 0.29) is 11.2 Å². The van der Waals surface area contributed by atoms with Crippen LogP contribution in [0.1, 0.15) is 20.3 Å². The Kier molecular flexibility index (Phi) is 4.27. The molecular formula is C11H18O3S. The van der Waals surface area contributed by atoms with Gasteiger partial charge in [-0.2, -0.15) is 0 Å². The van der Waals surface area contributed by atoms with Crippen LogP contribution >= 0.6 is 10.9 Å². The minimum atomic E-state index is -0.711. The van der Waals surface area contributed by atoms with Gasteiger partial charge in [-0.25, -0.2) is 10.9 Å². The first kappa shape index (κ1) is 12.2. The van der Waals surface area contributed by atoms with E-state index < -0.39 is 16.9 Å². The number of hydrogen-bond donors (Lipinski definition) is 2. The Labute approximate surface area is 93.2 Å². The Morgan fingerprint density at radius 3 is 2.73 bits per heavy atom. The van der Waals surface area contributed by atoms with Crippen molar-refractivity contribution in [2.75, 3.05) is 7.11 Å². The summed E-state index contributed by atoms with van der Waals surface area (Å²) in [5, 5.41) is 13.4. The van der Waals surface area contributed by atoms with Crippen molar-refractivity contribution in [3.05, 3.63) is 22.7 Å². The maximum Gasteiger partial charge on any atom is 0.307 e. The zero-order valence-electron chi connectivity index (χ0n) is 9.30. The fourth-order valence-corrected chi connectivity index (χ4v) is 4.08. The molecule has 0 aromatic rings. The summed E-state index contributed by atoms with van der Waals surface area (Å²) in [6, 6.07) is 0. The van der Waals surface area contributed by atoms with Gasteiger partial charge in [-0.05, 0) is 23.3 Å². The first-order valence-electron chi connectivity index (χ1n) is 5.04. The van der Waals surface area contributed by atoms with Crippen molar-refractivity contribution in [1.82, 2.24) is 0 Å². The SMILES string of the molecule is CCC(C(C)C(=O)O)[SH]1C=CC(OC)=C1. The second kappa shape index (κ2) is 5.26. The molecule has 0 radical (unpaired) electrons. The van der Waals surface area contributed by atoms with E-state index in [4.69, 9.17) is 9.84 Å².